The lowest BCUT2D eigenvalue weighted by atomic mass is 10.2. The van der Waals surface area contributed by atoms with E-state index in [4.69, 9.17) is 11.6 Å². The van der Waals surface area contributed by atoms with Gasteiger partial charge in [-0.3, -0.25) is 4.31 Å². The average Bonchev–Trinajstić information content (AvgIpc) is 2.42. The number of aromatic nitrogens is 2. The maximum Gasteiger partial charge on any atom is 0.232 e. The van der Waals surface area contributed by atoms with Crippen molar-refractivity contribution in [2.75, 3.05) is 22.9 Å². The summed E-state index contributed by atoms with van der Waals surface area (Å²) >= 11 is 9.08. The van der Waals surface area contributed by atoms with Crippen LogP contribution < -0.4 is 9.62 Å². The van der Waals surface area contributed by atoms with E-state index in [0.717, 1.165) is 6.26 Å². The summed E-state index contributed by atoms with van der Waals surface area (Å²) in [5, 5.41) is 3.14. The van der Waals surface area contributed by atoms with Crippen LogP contribution in [0.1, 0.15) is 0 Å². The third-order valence-corrected chi connectivity index (χ3v) is 4.66. The molecule has 2 rings (SSSR count). The van der Waals surface area contributed by atoms with E-state index in [1.165, 1.54) is 17.5 Å². The summed E-state index contributed by atoms with van der Waals surface area (Å²) in [5.41, 5.74) is 1.09. The van der Waals surface area contributed by atoms with Gasteiger partial charge < -0.3 is 5.32 Å². The fourth-order valence-electron chi connectivity index (χ4n) is 1.59. The van der Waals surface area contributed by atoms with Crippen LogP contribution in [0.3, 0.4) is 0 Å². The van der Waals surface area contributed by atoms with Crippen LogP contribution in [0.5, 0.6) is 0 Å². The van der Waals surface area contributed by atoms with Crippen LogP contribution in [0.25, 0.3) is 0 Å². The van der Waals surface area contributed by atoms with Crippen molar-refractivity contribution in [1.82, 2.24) is 9.97 Å². The fraction of sp³-hybridized carbons (Fsp3) is 0.167. The molecule has 0 spiro atoms. The van der Waals surface area contributed by atoms with E-state index in [2.05, 4.69) is 31.2 Å². The standard InChI is InChI=1S/C12H12BrClN4O2S/c1-18(21(2,19)20)10-6-4-3-5-9(10)16-11-8(13)7-15-12(14)17-11/h3-7H,1-2H3,(H,15,16,17). The molecule has 0 saturated carbocycles. The van der Waals surface area contributed by atoms with E-state index in [-0.39, 0.29) is 5.28 Å². The van der Waals surface area contributed by atoms with Crippen molar-refractivity contribution in [3.63, 3.8) is 0 Å². The molecule has 0 unspecified atom stereocenters. The van der Waals surface area contributed by atoms with Crippen LogP contribution in [-0.4, -0.2) is 31.7 Å². The summed E-state index contributed by atoms with van der Waals surface area (Å²) in [6.45, 7) is 0. The van der Waals surface area contributed by atoms with E-state index >= 15 is 0 Å². The number of halogens is 2. The quantitative estimate of drug-likeness (QED) is 0.811. The molecule has 1 heterocycles. The van der Waals surface area contributed by atoms with Crippen LogP contribution in [0.4, 0.5) is 17.2 Å². The van der Waals surface area contributed by atoms with Crippen molar-refractivity contribution in [2.45, 2.75) is 0 Å². The smallest absolute Gasteiger partial charge is 0.232 e. The van der Waals surface area contributed by atoms with Crippen molar-refractivity contribution in [3.8, 4) is 0 Å². The number of sulfonamides is 1. The van der Waals surface area contributed by atoms with E-state index in [1.807, 2.05) is 0 Å². The molecule has 2 aromatic rings. The van der Waals surface area contributed by atoms with Crippen LogP contribution in [-0.2, 0) is 10.0 Å². The maximum atomic E-state index is 11.7. The molecule has 21 heavy (non-hydrogen) atoms. The van der Waals surface area contributed by atoms with Crippen LogP contribution in [0.15, 0.2) is 34.9 Å². The Kier molecular flexibility index (Phi) is 4.70. The van der Waals surface area contributed by atoms with Crippen molar-refractivity contribution < 1.29 is 8.42 Å². The number of hydrogen-bond donors (Lipinski definition) is 1. The number of rotatable bonds is 4. The molecule has 0 fully saturated rings. The first kappa shape index (κ1) is 16.0. The molecule has 0 radical (unpaired) electrons. The molecule has 0 aliphatic rings. The molecular formula is C12H12BrClN4O2S. The molecule has 6 nitrogen and oxygen atoms in total. The van der Waals surface area contributed by atoms with Gasteiger partial charge in [0.2, 0.25) is 15.3 Å². The minimum absolute atomic E-state index is 0.0923. The summed E-state index contributed by atoms with van der Waals surface area (Å²) < 4.78 is 25.2. The van der Waals surface area contributed by atoms with Gasteiger partial charge in [0.1, 0.15) is 5.82 Å². The Bertz CT molecular complexity index is 770. The second kappa shape index (κ2) is 6.17. The van der Waals surface area contributed by atoms with Gasteiger partial charge in [0.05, 0.1) is 22.1 Å². The van der Waals surface area contributed by atoms with Gasteiger partial charge in [0, 0.05) is 13.2 Å². The number of hydrogen-bond acceptors (Lipinski definition) is 5. The fourth-order valence-corrected chi connectivity index (χ4v) is 2.53. The topological polar surface area (TPSA) is 75.2 Å². The molecule has 1 aromatic heterocycles. The minimum atomic E-state index is -3.37. The lowest BCUT2D eigenvalue weighted by Crippen LogP contribution is -2.25. The highest BCUT2D eigenvalue weighted by molar-refractivity contribution is 9.10. The van der Waals surface area contributed by atoms with E-state index in [0.29, 0.717) is 21.7 Å². The summed E-state index contributed by atoms with van der Waals surface area (Å²) in [7, 11) is -1.88. The summed E-state index contributed by atoms with van der Waals surface area (Å²) in [5.74, 6) is 0.448. The van der Waals surface area contributed by atoms with Crippen LogP contribution in [0.2, 0.25) is 5.28 Å². The molecule has 0 aliphatic carbocycles. The minimum Gasteiger partial charge on any atom is -0.337 e. The van der Waals surface area contributed by atoms with Crippen LogP contribution in [0, 0.1) is 0 Å². The zero-order valence-corrected chi connectivity index (χ0v) is 14.4. The Hall–Kier alpha value is -1.38. The Morgan fingerprint density at radius 3 is 2.67 bits per heavy atom. The normalized spacial score (nSPS) is 11.2. The van der Waals surface area contributed by atoms with Gasteiger partial charge in [-0.25, -0.2) is 13.4 Å². The van der Waals surface area contributed by atoms with E-state index in [1.54, 1.807) is 24.3 Å². The SMILES string of the molecule is CN(c1ccccc1Nc1nc(Cl)ncc1Br)S(C)(=O)=O. The van der Waals surface area contributed by atoms with Gasteiger partial charge >= 0.3 is 0 Å². The predicted molar refractivity (Wildman–Crippen MR) is 87.7 cm³/mol. The highest BCUT2D eigenvalue weighted by Crippen LogP contribution is 2.31. The highest BCUT2D eigenvalue weighted by atomic mass is 79.9. The van der Waals surface area contributed by atoms with E-state index < -0.39 is 10.0 Å². The first-order chi connectivity index (χ1) is 9.79. The third-order valence-electron chi connectivity index (χ3n) is 2.71. The molecule has 1 N–H and O–H groups in total. The van der Waals surface area contributed by atoms with Crippen molar-refractivity contribution in [3.05, 3.63) is 40.2 Å². The first-order valence-electron chi connectivity index (χ1n) is 5.77. The Labute approximate surface area is 136 Å². The predicted octanol–water partition coefficient (Wildman–Crippen LogP) is 3.03. The average molecular weight is 392 g/mol. The molecule has 0 atom stereocenters. The first-order valence-corrected chi connectivity index (χ1v) is 8.79. The second-order valence-corrected chi connectivity index (χ2v) is 7.41. The van der Waals surface area contributed by atoms with Gasteiger partial charge in [-0.2, -0.15) is 4.98 Å². The molecular weight excluding hydrogens is 380 g/mol. The van der Waals surface area contributed by atoms with Crippen molar-refractivity contribution in [2.24, 2.45) is 0 Å². The monoisotopic (exact) mass is 390 g/mol. The molecule has 0 bridgehead atoms. The third kappa shape index (κ3) is 3.84. The van der Waals surface area contributed by atoms with Gasteiger partial charge in [0.15, 0.2) is 0 Å². The largest absolute Gasteiger partial charge is 0.337 e. The second-order valence-electron chi connectivity index (χ2n) is 4.21. The number of benzene rings is 1. The Morgan fingerprint density at radius 2 is 2.00 bits per heavy atom. The van der Waals surface area contributed by atoms with Crippen molar-refractivity contribution in [1.29, 1.82) is 0 Å². The number of nitrogens with zero attached hydrogens (tertiary/aromatic N) is 3. The molecule has 112 valence electrons. The Balaban J connectivity index is 2.44. The van der Waals surface area contributed by atoms with Gasteiger partial charge in [-0.05, 0) is 39.7 Å². The van der Waals surface area contributed by atoms with Gasteiger partial charge in [0.25, 0.3) is 0 Å². The highest BCUT2D eigenvalue weighted by Gasteiger charge is 2.16. The summed E-state index contributed by atoms with van der Waals surface area (Å²) in [6.07, 6.45) is 2.65. The van der Waals surface area contributed by atoms with Gasteiger partial charge in [-0.15, -0.1) is 0 Å². The number of nitrogens with one attached hydrogen (secondary N) is 1. The van der Waals surface area contributed by atoms with E-state index in [9.17, 15) is 8.42 Å². The zero-order valence-electron chi connectivity index (χ0n) is 11.2. The molecule has 0 amide bonds. The molecule has 0 aliphatic heterocycles. The summed E-state index contributed by atoms with van der Waals surface area (Å²) in [4.78, 5) is 7.90. The zero-order chi connectivity index (χ0) is 15.6. The number of anilines is 3. The lowest BCUT2D eigenvalue weighted by molar-refractivity contribution is 0.600. The maximum absolute atomic E-state index is 11.7. The molecule has 0 saturated heterocycles. The van der Waals surface area contributed by atoms with Crippen molar-refractivity contribution >= 4 is 54.7 Å². The summed E-state index contributed by atoms with van der Waals surface area (Å²) in [6, 6.07) is 6.99. The lowest BCUT2D eigenvalue weighted by Gasteiger charge is -2.20. The molecule has 1 aromatic carbocycles. The van der Waals surface area contributed by atoms with Gasteiger partial charge in [-0.1, -0.05) is 12.1 Å². The Morgan fingerprint density at radius 1 is 1.33 bits per heavy atom. The number of para-hydroxylation sites is 2. The molecule has 9 heteroatoms. The van der Waals surface area contributed by atoms with Crippen LogP contribution >= 0.6 is 27.5 Å².